The lowest BCUT2D eigenvalue weighted by molar-refractivity contribution is -0.119. The van der Waals surface area contributed by atoms with E-state index >= 15 is 0 Å². The minimum absolute atomic E-state index is 0.0758. The summed E-state index contributed by atoms with van der Waals surface area (Å²) < 4.78 is 26.1. The van der Waals surface area contributed by atoms with Crippen molar-refractivity contribution in [1.29, 1.82) is 0 Å². The SMILES string of the molecule is CN(C)S(=O)(=O)c1ccccc1CNC(=O)CNc1ccccc1-c1ccccc1. The predicted octanol–water partition coefficient (Wildman–Crippen LogP) is 3.33. The molecule has 2 N–H and O–H groups in total. The molecule has 3 aromatic carbocycles. The van der Waals surface area contributed by atoms with Crippen LogP contribution >= 0.6 is 0 Å². The number of nitrogens with zero attached hydrogens (tertiary/aromatic N) is 1. The molecule has 0 unspecified atom stereocenters. The van der Waals surface area contributed by atoms with Crippen LogP contribution in [0, 0.1) is 0 Å². The maximum absolute atomic E-state index is 12.5. The zero-order valence-corrected chi connectivity index (χ0v) is 17.8. The summed E-state index contributed by atoms with van der Waals surface area (Å²) in [5.41, 5.74) is 3.47. The predicted molar refractivity (Wildman–Crippen MR) is 120 cm³/mol. The van der Waals surface area contributed by atoms with Crippen LogP contribution in [0.2, 0.25) is 0 Å². The average Bonchev–Trinajstić information content (AvgIpc) is 2.77. The Labute approximate surface area is 177 Å². The fourth-order valence-corrected chi connectivity index (χ4v) is 4.15. The van der Waals surface area contributed by atoms with Gasteiger partial charge in [0, 0.05) is 31.9 Å². The number of sulfonamides is 1. The van der Waals surface area contributed by atoms with Gasteiger partial charge in [0.25, 0.3) is 0 Å². The van der Waals surface area contributed by atoms with E-state index in [1.54, 1.807) is 24.3 Å². The maximum Gasteiger partial charge on any atom is 0.242 e. The highest BCUT2D eigenvalue weighted by atomic mass is 32.2. The average molecular weight is 424 g/mol. The smallest absolute Gasteiger partial charge is 0.242 e. The van der Waals surface area contributed by atoms with E-state index in [4.69, 9.17) is 0 Å². The molecular formula is C23H25N3O3S. The van der Waals surface area contributed by atoms with Crippen molar-refractivity contribution in [1.82, 2.24) is 9.62 Å². The van der Waals surface area contributed by atoms with Gasteiger partial charge in [0.2, 0.25) is 15.9 Å². The molecule has 0 saturated heterocycles. The first kappa shape index (κ1) is 21.5. The first-order valence-corrected chi connectivity index (χ1v) is 11.0. The molecule has 0 radical (unpaired) electrons. The van der Waals surface area contributed by atoms with Crippen LogP contribution in [0.3, 0.4) is 0 Å². The van der Waals surface area contributed by atoms with Crippen molar-refractivity contribution < 1.29 is 13.2 Å². The van der Waals surface area contributed by atoms with Gasteiger partial charge in [-0.2, -0.15) is 0 Å². The van der Waals surface area contributed by atoms with E-state index in [9.17, 15) is 13.2 Å². The summed E-state index contributed by atoms with van der Waals surface area (Å²) in [5.74, 6) is -0.227. The van der Waals surface area contributed by atoms with Crippen molar-refractivity contribution in [3.05, 3.63) is 84.4 Å². The van der Waals surface area contributed by atoms with Crippen LogP contribution in [0.25, 0.3) is 11.1 Å². The van der Waals surface area contributed by atoms with Crippen LogP contribution in [0.5, 0.6) is 0 Å². The third kappa shape index (κ3) is 5.06. The summed E-state index contributed by atoms with van der Waals surface area (Å²) in [4.78, 5) is 12.6. The van der Waals surface area contributed by atoms with Gasteiger partial charge in [0.15, 0.2) is 0 Å². The Morgan fingerprint density at radius 1 is 0.867 bits per heavy atom. The number of para-hydroxylation sites is 1. The van der Waals surface area contributed by atoms with Crippen LogP contribution in [0.1, 0.15) is 5.56 Å². The molecule has 0 fully saturated rings. The summed E-state index contributed by atoms with van der Waals surface area (Å²) in [7, 11) is -0.611. The molecule has 0 aliphatic heterocycles. The largest absolute Gasteiger partial charge is 0.376 e. The molecule has 3 aromatic rings. The van der Waals surface area contributed by atoms with Gasteiger partial charge < -0.3 is 10.6 Å². The van der Waals surface area contributed by atoms with Gasteiger partial charge in [0.1, 0.15) is 0 Å². The Morgan fingerprint density at radius 3 is 2.23 bits per heavy atom. The number of anilines is 1. The minimum atomic E-state index is -3.58. The van der Waals surface area contributed by atoms with Crippen molar-refractivity contribution in [2.75, 3.05) is 26.0 Å². The minimum Gasteiger partial charge on any atom is -0.376 e. The Kier molecular flexibility index (Phi) is 6.87. The lowest BCUT2D eigenvalue weighted by atomic mass is 10.0. The highest BCUT2D eigenvalue weighted by Crippen LogP contribution is 2.27. The molecule has 0 spiro atoms. The van der Waals surface area contributed by atoms with Gasteiger partial charge >= 0.3 is 0 Å². The van der Waals surface area contributed by atoms with Crippen LogP contribution in [-0.4, -0.2) is 39.3 Å². The number of amides is 1. The van der Waals surface area contributed by atoms with Gasteiger partial charge in [-0.25, -0.2) is 12.7 Å². The first-order chi connectivity index (χ1) is 14.4. The zero-order chi connectivity index (χ0) is 21.6. The molecule has 1 amide bonds. The molecule has 6 nitrogen and oxygen atoms in total. The Balaban J connectivity index is 1.66. The van der Waals surface area contributed by atoms with E-state index in [1.165, 1.54) is 14.1 Å². The summed E-state index contributed by atoms with van der Waals surface area (Å²) in [6.45, 7) is 0.205. The molecule has 156 valence electrons. The maximum atomic E-state index is 12.5. The van der Waals surface area contributed by atoms with Crippen molar-refractivity contribution in [2.45, 2.75) is 11.4 Å². The third-order valence-corrected chi connectivity index (χ3v) is 6.57. The topological polar surface area (TPSA) is 78.5 Å². The lowest BCUT2D eigenvalue weighted by Gasteiger charge is -2.16. The van der Waals surface area contributed by atoms with Gasteiger partial charge in [-0.3, -0.25) is 4.79 Å². The number of rotatable bonds is 8. The molecular weight excluding hydrogens is 398 g/mol. The second-order valence-electron chi connectivity index (χ2n) is 6.94. The molecule has 0 aromatic heterocycles. The van der Waals surface area contributed by atoms with Crippen LogP contribution in [-0.2, 0) is 21.4 Å². The normalized spacial score (nSPS) is 11.3. The molecule has 0 atom stereocenters. The fraction of sp³-hybridized carbons (Fsp3) is 0.174. The Morgan fingerprint density at radius 2 is 1.50 bits per heavy atom. The van der Waals surface area contributed by atoms with Crippen LogP contribution in [0.15, 0.2) is 83.8 Å². The van der Waals surface area contributed by atoms with Crippen LogP contribution < -0.4 is 10.6 Å². The van der Waals surface area contributed by atoms with Crippen molar-refractivity contribution in [2.24, 2.45) is 0 Å². The summed E-state index contributed by atoms with van der Waals surface area (Å²) in [6.07, 6.45) is 0. The highest BCUT2D eigenvalue weighted by Gasteiger charge is 2.20. The number of carbonyl (C=O) groups excluding carboxylic acids is 1. The van der Waals surface area contributed by atoms with Crippen molar-refractivity contribution in [3.8, 4) is 11.1 Å². The molecule has 0 bridgehead atoms. The highest BCUT2D eigenvalue weighted by molar-refractivity contribution is 7.89. The van der Waals surface area contributed by atoms with E-state index in [0.29, 0.717) is 5.56 Å². The van der Waals surface area contributed by atoms with E-state index in [0.717, 1.165) is 21.1 Å². The van der Waals surface area contributed by atoms with Crippen molar-refractivity contribution >= 4 is 21.6 Å². The molecule has 7 heteroatoms. The Bertz CT molecular complexity index is 1110. The summed E-state index contributed by atoms with van der Waals surface area (Å²) >= 11 is 0. The number of hydrogen-bond donors (Lipinski definition) is 2. The third-order valence-electron chi connectivity index (χ3n) is 4.66. The number of hydrogen-bond acceptors (Lipinski definition) is 4. The fourth-order valence-electron chi connectivity index (χ4n) is 3.04. The standard InChI is InChI=1S/C23H25N3O3S/c1-26(2)30(28,29)22-15-9-6-12-19(22)16-25-23(27)17-24-21-14-8-7-13-20(21)18-10-4-3-5-11-18/h3-15,24H,16-17H2,1-2H3,(H,25,27). The quantitative estimate of drug-likeness (QED) is 0.583. The van der Waals surface area contributed by atoms with Crippen molar-refractivity contribution in [3.63, 3.8) is 0 Å². The summed E-state index contributed by atoms with van der Waals surface area (Å²) in [6, 6.07) is 24.4. The lowest BCUT2D eigenvalue weighted by Crippen LogP contribution is -2.31. The van der Waals surface area contributed by atoms with E-state index in [-0.39, 0.29) is 23.9 Å². The second kappa shape index (κ2) is 9.56. The molecule has 0 aliphatic carbocycles. The van der Waals surface area contributed by atoms with E-state index in [2.05, 4.69) is 10.6 Å². The monoisotopic (exact) mass is 423 g/mol. The first-order valence-electron chi connectivity index (χ1n) is 9.55. The molecule has 30 heavy (non-hydrogen) atoms. The van der Waals surface area contributed by atoms with E-state index in [1.807, 2.05) is 54.6 Å². The number of benzene rings is 3. The van der Waals surface area contributed by atoms with Gasteiger partial charge in [-0.05, 0) is 23.3 Å². The number of carbonyl (C=O) groups is 1. The molecule has 0 aliphatic rings. The zero-order valence-electron chi connectivity index (χ0n) is 17.0. The molecule has 0 heterocycles. The number of nitrogens with one attached hydrogen (secondary N) is 2. The van der Waals surface area contributed by atoms with Gasteiger partial charge in [-0.1, -0.05) is 66.7 Å². The molecule has 3 rings (SSSR count). The Hall–Kier alpha value is -3.16. The van der Waals surface area contributed by atoms with E-state index < -0.39 is 10.0 Å². The van der Waals surface area contributed by atoms with Crippen LogP contribution in [0.4, 0.5) is 5.69 Å². The summed E-state index contributed by atoms with van der Waals surface area (Å²) in [5, 5.41) is 5.97. The molecule has 0 saturated carbocycles. The van der Waals surface area contributed by atoms with Gasteiger partial charge in [-0.15, -0.1) is 0 Å². The van der Waals surface area contributed by atoms with Gasteiger partial charge in [0.05, 0.1) is 11.4 Å². The second-order valence-corrected chi connectivity index (χ2v) is 9.06.